The second-order valence-corrected chi connectivity index (χ2v) is 7.52. The largest absolute Gasteiger partial charge is 0.338 e. The van der Waals surface area contributed by atoms with Crippen LogP contribution in [0.3, 0.4) is 0 Å². The Morgan fingerprint density at radius 2 is 1.93 bits per heavy atom. The molecular formula is C20H29ClN4O2. The van der Waals surface area contributed by atoms with Gasteiger partial charge in [0.15, 0.2) is 11.6 Å². The van der Waals surface area contributed by atoms with E-state index in [2.05, 4.69) is 41.0 Å². The molecule has 2 heterocycles. The number of likely N-dealkylation sites (tertiary alicyclic amines) is 1. The van der Waals surface area contributed by atoms with Crippen molar-refractivity contribution in [1.29, 1.82) is 0 Å². The van der Waals surface area contributed by atoms with Gasteiger partial charge in [0.2, 0.25) is 5.89 Å². The van der Waals surface area contributed by atoms with E-state index < -0.39 is 0 Å². The minimum Gasteiger partial charge on any atom is -0.338 e. The summed E-state index contributed by atoms with van der Waals surface area (Å²) in [6.07, 6.45) is 2.79. The van der Waals surface area contributed by atoms with Crippen LogP contribution in [0, 0.1) is 11.8 Å². The number of hydrogen-bond donors (Lipinski definition) is 1. The number of piperidine rings is 1. The minimum atomic E-state index is 0. The highest BCUT2D eigenvalue weighted by molar-refractivity contribution is 5.97. The third-order valence-electron chi connectivity index (χ3n) is 4.89. The number of carbonyl (C=O) groups excluding carboxylic acids is 1. The summed E-state index contributed by atoms with van der Waals surface area (Å²) in [6, 6.07) is 8.15. The lowest BCUT2D eigenvalue weighted by Crippen LogP contribution is -2.36. The summed E-state index contributed by atoms with van der Waals surface area (Å²) in [4.78, 5) is 19.3. The number of ketones is 1. The summed E-state index contributed by atoms with van der Waals surface area (Å²) in [6.45, 7) is 7.06. The van der Waals surface area contributed by atoms with Crippen LogP contribution in [-0.2, 0) is 19.5 Å². The van der Waals surface area contributed by atoms with Crippen LogP contribution in [0.2, 0.25) is 0 Å². The van der Waals surface area contributed by atoms with Crippen LogP contribution in [0.25, 0.3) is 0 Å². The fourth-order valence-corrected chi connectivity index (χ4v) is 3.50. The number of rotatable bonds is 7. The number of nitrogens with zero attached hydrogens (tertiary/aromatic N) is 3. The van der Waals surface area contributed by atoms with E-state index in [4.69, 9.17) is 10.3 Å². The maximum absolute atomic E-state index is 12.8. The van der Waals surface area contributed by atoms with Crippen LogP contribution in [-0.4, -0.2) is 33.9 Å². The quantitative estimate of drug-likeness (QED) is 0.728. The molecule has 1 aromatic heterocycles. The Hall–Kier alpha value is -1.76. The van der Waals surface area contributed by atoms with E-state index in [1.807, 2.05) is 12.1 Å². The van der Waals surface area contributed by atoms with Crippen molar-refractivity contribution < 1.29 is 9.32 Å². The molecule has 1 aromatic carbocycles. The summed E-state index contributed by atoms with van der Waals surface area (Å²) in [5.74, 6) is 2.13. The van der Waals surface area contributed by atoms with Gasteiger partial charge in [0.1, 0.15) is 0 Å². The number of carbonyl (C=O) groups is 1. The molecular weight excluding hydrogens is 364 g/mol. The van der Waals surface area contributed by atoms with Crippen molar-refractivity contribution in [1.82, 2.24) is 15.0 Å². The highest BCUT2D eigenvalue weighted by Gasteiger charge is 2.26. The second kappa shape index (κ2) is 9.97. The second-order valence-electron chi connectivity index (χ2n) is 7.52. The summed E-state index contributed by atoms with van der Waals surface area (Å²) in [7, 11) is 0. The van der Waals surface area contributed by atoms with E-state index in [-0.39, 0.29) is 30.7 Å². The van der Waals surface area contributed by atoms with Gasteiger partial charge in [0.05, 0.1) is 13.1 Å². The summed E-state index contributed by atoms with van der Waals surface area (Å²) in [5, 5.41) is 3.94. The molecule has 7 heteroatoms. The van der Waals surface area contributed by atoms with E-state index >= 15 is 0 Å². The highest BCUT2D eigenvalue weighted by Crippen LogP contribution is 2.23. The predicted molar refractivity (Wildman–Crippen MR) is 107 cm³/mol. The average Bonchev–Trinajstić information content (AvgIpc) is 3.09. The first kappa shape index (κ1) is 21.5. The fourth-order valence-electron chi connectivity index (χ4n) is 3.50. The molecule has 0 radical (unpaired) electrons. The van der Waals surface area contributed by atoms with Crippen molar-refractivity contribution in [3.63, 3.8) is 0 Å². The van der Waals surface area contributed by atoms with Crippen LogP contribution < -0.4 is 5.73 Å². The lowest BCUT2D eigenvalue weighted by atomic mass is 9.88. The molecule has 27 heavy (non-hydrogen) atoms. The predicted octanol–water partition coefficient (Wildman–Crippen LogP) is 3.24. The van der Waals surface area contributed by atoms with Crippen molar-refractivity contribution in [3.8, 4) is 0 Å². The smallest absolute Gasteiger partial charge is 0.240 e. The molecule has 1 aliphatic rings. The molecule has 1 saturated heterocycles. The summed E-state index contributed by atoms with van der Waals surface area (Å²) in [5.41, 5.74) is 7.62. The molecule has 1 fully saturated rings. The first-order valence-electron chi connectivity index (χ1n) is 9.42. The molecule has 1 aliphatic heterocycles. The van der Waals surface area contributed by atoms with E-state index in [1.165, 1.54) is 5.56 Å². The van der Waals surface area contributed by atoms with E-state index in [0.29, 0.717) is 24.2 Å². The number of benzene rings is 1. The Bertz CT molecular complexity index is 722. The first-order chi connectivity index (χ1) is 12.5. The molecule has 6 nitrogen and oxygen atoms in total. The number of nitrogens with two attached hydrogens (primary N) is 1. The van der Waals surface area contributed by atoms with Gasteiger partial charge in [-0.25, -0.2) is 0 Å². The minimum absolute atomic E-state index is 0. The van der Waals surface area contributed by atoms with E-state index in [0.717, 1.165) is 37.9 Å². The monoisotopic (exact) mass is 392 g/mol. The highest BCUT2D eigenvalue weighted by atomic mass is 35.5. The zero-order valence-electron chi connectivity index (χ0n) is 16.1. The third kappa shape index (κ3) is 5.86. The number of halogens is 1. The van der Waals surface area contributed by atoms with Gasteiger partial charge in [-0.2, -0.15) is 4.98 Å². The molecule has 0 unspecified atom stereocenters. The van der Waals surface area contributed by atoms with Gasteiger partial charge in [0, 0.05) is 11.5 Å². The SMILES string of the molecule is CC(C)Cc1ccc(C(=O)C2CCN(Cc3noc(CN)n3)CC2)cc1.Cl. The van der Waals surface area contributed by atoms with Crippen LogP contribution in [0.5, 0.6) is 0 Å². The normalized spacial score (nSPS) is 15.7. The molecule has 2 aromatic rings. The fraction of sp³-hybridized carbons (Fsp3) is 0.550. The Morgan fingerprint density at radius 3 is 2.48 bits per heavy atom. The standard InChI is InChI=1S/C20H28N4O2.ClH/c1-14(2)11-15-3-5-16(6-4-15)20(25)17-7-9-24(10-8-17)13-18-22-19(12-21)26-23-18;/h3-6,14,17H,7-13,21H2,1-2H3;1H. The van der Waals surface area contributed by atoms with Crippen LogP contribution in [0.4, 0.5) is 0 Å². The molecule has 0 spiro atoms. The van der Waals surface area contributed by atoms with Crippen LogP contribution >= 0.6 is 12.4 Å². The Labute approximate surface area is 166 Å². The summed E-state index contributed by atoms with van der Waals surface area (Å²) >= 11 is 0. The van der Waals surface area contributed by atoms with Gasteiger partial charge in [0.25, 0.3) is 0 Å². The van der Waals surface area contributed by atoms with Gasteiger partial charge >= 0.3 is 0 Å². The number of hydrogen-bond acceptors (Lipinski definition) is 6. The van der Waals surface area contributed by atoms with Crippen molar-refractivity contribution in [2.45, 2.75) is 46.2 Å². The van der Waals surface area contributed by atoms with Gasteiger partial charge in [-0.1, -0.05) is 43.3 Å². The number of aromatic nitrogens is 2. The van der Waals surface area contributed by atoms with Crippen molar-refractivity contribution in [2.24, 2.45) is 17.6 Å². The van der Waals surface area contributed by atoms with E-state index in [1.54, 1.807) is 0 Å². The zero-order chi connectivity index (χ0) is 18.5. The van der Waals surface area contributed by atoms with Crippen molar-refractivity contribution in [3.05, 3.63) is 47.1 Å². The van der Waals surface area contributed by atoms with Crippen molar-refractivity contribution >= 4 is 18.2 Å². The molecule has 148 valence electrons. The van der Waals surface area contributed by atoms with Gasteiger partial charge in [-0.05, 0) is 43.8 Å². The Morgan fingerprint density at radius 1 is 1.26 bits per heavy atom. The average molecular weight is 393 g/mol. The molecule has 0 amide bonds. The molecule has 0 bridgehead atoms. The van der Waals surface area contributed by atoms with E-state index in [9.17, 15) is 4.79 Å². The third-order valence-corrected chi connectivity index (χ3v) is 4.89. The van der Waals surface area contributed by atoms with Crippen LogP contribution in [0.1, 0.15) is 54.3 Å². The molecule has 0 saturated carbocycles. The molecule has 3 rings (SSSR count). The van der Waals surface area contributed by atoms with Gasteiger partial charge in [-0.15, -0.1) is 12.4 Å². The Kier molecular flexibility index (Phi) is 7.95. The maximum atomic E-state index is 12.8. The molecule has 2 N–H and O–H groups in total. The zero-order valence-corrected chi connectivity index (χ0v) is 16.9. The Balaban J connectivity index is 0.00000261. The van der Waals surface area contributed by atoms with Gasteiger partial charge < -0.3 is 10.3 Å². The molecule has 0 atom stereocenters. The summed E-state index contributed by atoms with van der Waals surface area (Å²) < 4.78 is 5.04. The maximum Gasteiger partial charge on any atom is 0.240 e. The van der Waals surface area contributed by atoms with Crippen molar-refractivity contribution in [2.75, 3.05) is 13.1 Å². The first-order valence-corrected chi connectivity index (χ1v) is 9.42. The van der Waals surface area contributed by atoms with Gasteiger partial charge in [-0.3, -0.25) is 9.69 Å². The van der Waals surface area contributed by atoms with Crippen LogP contribution in [0.15, 0.2) is 28.8 Å². The topological polar surface area (TPSA) is 85.2 Å². The lowest BCUT2D eigenvalue weighted by molar-refractivity contribution is 0.0832. The number of Topliss-reactive ketones (excluding diaryl/α,β-unsaturated/α-hetero) is 1. The molecule has 0 aliphatic carbocycles. The lowest BCUT2D eigenvalue weighted by Gasteiger charge is -2.30.